The molecule has 0 bridgehead atoms. The third-order valence-corrected chi connectivity index (χ3v) is 5.55. The molecule has 0 unspecified atom stereocenters. The number of ether oxygens (including phenoxy) is 1. The second kappa shape index (κ2) is 10.2. The van der Waals surface area contributed by atoms with Gasteiger partial charge in [0.1, 0.15) is 6.61 Å². The first kappa shape index (κ1) is 23.1. The van der Waals surface area contributed by atoms with Crippen LogP contribution in [0.15, 0.2) is 59.9 Å². The van der Waals surface area contributed by atoms with Gasteiger partial charge < -0.3 is 15.2 Å². The number of carbonyl (C=O) groups is 1. The summed E-state index contributed by atoms with van der Waals surface area (Å²) in [5.74, 6) is -0.923. The van der Waals surface area contributed by atoms with Gasteiger partial charge in [-0.3, -0.25) is 14.5 Å². The predicted molar refractivity (Wildman–Crippen MR) is 117 cm³/mol. The molecule has 2 aromatic heterocycles. The zero-order valence-electron chi connectivity index (χ0n) is 17.5. The number of nitrogens with zero attached hydrogens (tertiary/aromatic N) is 3. The summed E-state index contributed by atoms with van der Waals surface area (Å²) in [6, 6.07) is 9.80. The Morgan fingerprint density at radius 1 is 1.19 bits per heavy atom. The van der Waals surface area contributed by atoms with Gasteiger partial charge in [-0.25, -0.2) is 18.4 Å². The highest BCUT2D eigenvalue weighted by molar-refractivity contribution is 7.92. The van der Waals surface area contributed by atoms with E-state index in [1.54, 1.807) is 36.7 Å². The van der Waals surface area contributed by atoms with E-state index in [4.69, 9.17) is 4.74 Å². The summed E-state index contributed by atoms with van der Waals surface area (Å²) in [6.45, 7) is 3.42. The highest BCUT2D eigenvalue weighted by atomic mass is 32.2. The topological polar surface area (TPSA) is 143 Å². The molecule has 0 fully saturated rings. The number of amides is 1. The average molecular weight is 458 g/mol. The summed E-state index contributed by atoms with van der Waals surface area (Å²) < 4.78 is 33.6. The number of aromatic nitrogens is 3. The molecule has 3 N–H and O–H groups in total. The van der Waals surface area contributed by atoms with E-state index in [9.17, 15) is 18.3 Å². The summed E-state index contributed by atoms with van der Waals surface area (Å²) in [5.41, 5.74) is 1.53. The number of aryl methyl sites for hydroxylation is 1. The number of sulfonamides is 1. The molecule has 0 spiro atoms. The fourth-order valence-electron chi connectivity index (χ4n) is 2.52. The normalized spacial score (nSPS) is 12.1. The second-order valence-electron chi connectivity index (χ2n) is 7.04. The maximum Gasteiger partial charge on any atom is 0.271 e. The van der Waals surface area contributed by atoms with Crippen LogP contribution >= 0.6 is 0 Å². The summed E-state index contributed by atoms with van der Waals surface area (Å²) in [4.78, 5) is 24.5. The van der Waals surface area contributed by atoms with Gasteiger partial charge in [0.25, 0.3) is 21.8 Å². The van der Waals surface area contributed by atoms with Crippen molar-refractivity contribution in [1.29, 1.82) is 0 Å². The first-order valence-corrected chi connectivity index (χ1v) is 11.2. The number of nitrogens with one attached hydrogen (secondary N) is 2. The average Bonchev–Trinajstić information content (AvgIpc) is 2.77. The summed E-state index contributed by atoms with van der Waals surface area (Å²) in [5, 5.41) is 11.9. The molecular weight excluding hydrogens is 434 g/mol. The lowest BCUT2D eigenvalue weighted by Crippen LogP contribution is -2.31. The first-order valence-electron chi connectivity index (χ1n) is 9.69. The Hall–Kier alpha value is -3.57. The van der Waals surface area contributed by atoms with E-state index in [1.165, 1.54) is 19.1 Å². The molecule has 0 aliphatic carbocycles. The van der Waals surface area contributed by atoms with Crippen molar-refractivity contribution >= 4 is 21.7 Å². The predicted octanol–water partition coefficient (Wildman–Crippen LogP) is 1.67. The zero-order valence-corrected chi connectivity index (χ0v) is 18.3. The van der Waals surface area contributed by atoms with E-state index >= 15 is 0 Å². The number of pyridine rings is 1. The molecule has 3 rings (SSSR count). The highest BCUT2D eigenvalue weighted by Crippen LogP contribution is 2.24. The van der Waals surface area contributed by atoms with Crippen LogP contribution in [0.4, 0.5) is 5.82 Å². The fraction of sp³-hybridized carbons (Fsp3) is 0.238. The third kappa shape index (κ3) is 6.22. The van der Waals surface area contributed by atoms with E-state index in [0.717, 1.165) is 11.8 Å². The van der Waals surface area contributed by atoms with Gasteiger partial charge >= 0.3 is 0 Å². The number of carbonyl (C=O) groups excluding carboxylic acids is 1. The molecule has 1 amide bonds. The van der Waals surface area contributed by atoms with Crippen LogP contribution in [0.1, 0.15) is 28.5 Å². The van der Waals surface area contributed by atoms with Crippen LogP contribution in [0, 0.1) is 6.92 Å². The Kier molecular flexibility index (Phi) is 7.33. The molecule has 32 heavy (non-hydrogen) atoms. The molecule has 1 atom stereocenters. The molecule has 0 saturated heterocycles. The highest BCUT2D eigenvalue weighted by Gasteiger charge is 2.21. The summed E-state index contributed by atoms with van der Waals surface area (Å²) in [7, 11) is -3.97. The quantitative estimate of drug-likeness (QED) is 0.440. The van der Waals surface area contributed by atoms with Crippen molar-refractivity contribution < 1.29 is 23.1 Å². The monoisotopic (exact) mass is 457 g/mol. The molecule has 168 valence electrons. The minimum absolute atomic E-state index is 0.0220. The molecule has 0 aliphatic rings. The largest absolute Gasteiger partial charge is 0.470 e. The zero-order chi connectivity index (χ0) is 23.1. The molecule has 1 aromatic carbocycles. The van der Waals surface area contributed by atoms with Crippen LogP contribution in [-0.4, -0.2) is 47.0 Å². The number of anilines is 1. The number of hydrogen-bond acceptors (Lipinski definition) is 8. The van der Waals surface area contributed by atoms with E-state index in [-0.39, 0.29) is 35.4 Å². The molecule has 3 aromatic rings. The van der Waals surface area contributed by atoms with Crippen LogP contribution in [-0.2, 0) is 16.6 Å². The number of aliphatic hydroxyl groups excluding tert-OH is 1. The number of hydrogen-bond donors (Lipinski definition) is 3. The SMILES string of the molecule is Cc1ccc(S(=O)(=O)Nc2ncc(C(=O)NC[C@H](C)O)nc2OCc2cccnc2)cc1. The number of benzene rings is 1. The second-order valence-corrected chi connectivity index (χ2v) is 8.72. The van der Waals surface area contributed by atoms with Crippen molar-refractivity contribution in [1.82, 2.24) is 20.3 Å². The minimum atomic E-state index is -3.97. The van der Waals surface area contributed by atoms with Gasteiger partial charge in [-0.2, -0.15) is 0 Å². The number of aliphatic hydroxyl groups is 1. The molecule has 0 aliphatic heterocycles. The van der Waals surface area contributed by atoms with Gasteiger partial charge in [-0.05, 0) is 32.0 Å². The summed E-state index contributed by atoms with van der Waals surface area (Å²) >= 11 is 0. The van der Waals surface area contributed by atoms with Gasteiger partial charge in [0.05, 0.1) is 17.2 Å². The lowest BCUT2D eigenvalue weighted by molar-refractivity contribution is 0.0917. The smallest absolute Gasteiger partial charge is 0.271 e. The maximum absolute atomic E-state index is 12.8. The first-order chi connectivity index (χ1) is 15.2. The molecule has 11 heteroatoms. The summed E-state index contributed by atoms with van der Waals surface area (Å²) in [6.07, 6.45) is 3.58. The van der Waals surface area contributed by atoms with E-state index in [2.05, 4.69) is 25.0 Å². The lowest BCUT2D eigenvalue weighted by Gasteiger charge is -2.13. The van der Waals surface area contributed by atoms with Crippen LogP contribution in [0.5, 0.6) is 5.88 Å². The standard InChI is InChI=1S/C21H23N5O5S/c1-14-5-7-17(8-6-14)32(29,30)26-19-21(31-13-16-4-3-9-22-11-16)25-18(12-23-19)20(28)24-10-15(2)27/h3-9,11-12,15,27H,10,13H2,1-2H3,(H,23,26)(H,24,28)/t15-/m0/s1. The Morgan fingerprint density at radius 2 is 1.94 bits per heavy atom. The van der Waals surface area contributed by atoms with Crippen LogP contribution in [0.2, 0.25) is 0 Å². The van der Waals surface area contributed by atoms with Gasteiger partial charge in [-0.15, -0.1) is 0 Å². The van der Waals surface area contributed by atoms with Gasteiger partial charge in [0.2, 0.25) is 5.82 Å². The molecule has 10 nitrogen and oxygen atoms in total. The van der Waals surface area contributed by atoms with Crippen molar-refractivity contribution in [3.63, 3.8) is 0 Å². The van der Waals surface area contributed by atoms with E-state index < -0.39 is 22.0 Å². The van der Waals surface area contributed by atoms with Crippen molar-refractivity contribution in [3.05, 3.63) is 71.8 Å². The third-order valence-electron chi connectivity index (χ3n) is 4.19. The van der Waals surface area contributed by atoms with Crippen molar-refractivity contribution in [2.45, 2.75) is 31.5 Å². The van der Waals surface area contributed by atoms with E-state index in [1.807, 2.05) is 6.92 Å². The minimum Gasteiger partial charge on any atom is -0.470 e. The fourth-order valence-corrected chi connectivity index (χ4v) is 3.53. The van der Waals surface area contributed by atoms with Crippen molar-refractivity contribution in [2.24, 2.45) is 0 Å². The molecule has 2 heterocycles. The number of rotatable bonds is 9. The Labute approximate surface area is 185 Å². The van der Waals surface area contributed by atoms with Crippen molar-refractivity contribution in [2.75, 3.05) is 11.3 Å². The molecular formula is C21H23N5O5S. The van der Waals surface area contributed by atoms with Crippen LogP contribution in [0.25, 0.3) is 0 Å². The van der Waals surface area contributed by atoms with Gasteiger partial charge in [-0.1, -0.05) is 23.8 Å². The van der Waals surface area contributed by atoms with Gasteiger partial charge in [0, 0.05) is 24.5 Å². The Bertz CT molecular complexity index is 1170. The maximum atomic E-state index is 12.8. The van der Waals surface area contributed by atoms with E-state index in [0.29, 0.717) is 5.56 Å². The van der Waals surface area contributed by atoms with Crippen molar-refractivity contribution in [3.8, 4) is 5.88 Å². The molecule has 0 saturated carbocycles. The lowest BCUT2D eigenvalue weighted by atomic mass is 10.2. The Balaban J connectivity index is 1.89. The van der Waals surface area contributed by atoms with Gasteiger partial charge in [0.15, 0.2) is 5.69 Å². The van der Waals surface area contributed by atoms with Crippen LogP contribution < -0.4 is 14.8 Å². The van der Waals surface area contributed by atoms with Crippen LogP contribution in [0.3, 0.4) is 0 Å². The molecule has 0 radical (unpaired) electrons. The Morgan fingerprint density at radius 3 is 2.59 bits per heavy atom.